The molecule has 0 aliphatic carbocycles. The van der Waals surface area contributed by atoms with Crippen LogP contribution in [0.4, 0.5) is 0 Å². The predicted octanol–water partition coefficient (Wildman–Crippen LogP) is 4.15. The van der Waals surface area contributed by atoms with Crippen molar-refractivity contribution in [1.29, 1.82) is 0 Å². The van der Waals surface area contributed by atoms with Gasteiger partial charge in [0.1, 0.15) is 0 Å². The minimum absolute atomic E-state index is 0.799. The summed E-state index contributed by atoms with van der Waals surface area (Å²) in [7, 11) is 0. The zero-order chi connectivity index (χ0) is 9.97. The van der Waals surface area contributed by atoms with Crippen LogP contribution < -0.4 is 0 Å². The summed E-state index contributed by atoms with van der Waals surface area (Å²) in [4.78, 5) is 1.35. The first-order valence-electron chi connectivity index (χ1n) is 4.58. The fraction of sp³-hybridized carbons (Fsp3) is 0.167. The highest BCUT2D eigenvalue weighted by Crippen LogP contribution is 2.31. The van der Waals surface area contributed by atoms with Crippen molar-refractivity contribution in [2.45, 2.75) is 6.92 Å². The van der Waals surface area contributed by atoms with Crippen molar-refractivity contribution in [1.82, 2.24) is 0 Å². The van der Waals surface area contributed by atoms with E-state index in [1.54, 1.807) is 0 Å². The molecule has 1 heterocycles. The zero-order valence-corrected chi connectivity index (χ0v) is 9.74. The van der Waals surface area contributed by atoms with E-state index in [0.717, 1.165) is 5.75 Å². The summed E-state index contributed by atoms with van der Waals surface area (Å²) in [5.41, 5.74) is 1.38. The first-order chi connectivity index (χ1) is 6.83. The van der Waals surface area contributed by atoms with Gasteiger partial charge in [0, 0.05) is 15.3 Å². The van der Waals surface area contributed by atoms with Gasteiger partial charge in [0.2, 0.25) is 0 Å². The normalized spacial score (nSPS) is 11.6. The van der Waals surface area contributed by atoms with E-state index in [-0.39, 0.29) is 0 Å². The molecular formula is C12H12S2. The second-order valence-corrected chi connectivity index (χ2v) is 4.62. The number of thiol groups is 1. The van der Waals surface area contributed by atoms with E-state index in [1.807, 2.05) is 11.3 Å². The summed E-state index contributed by atoms with van der Waals surface area (Å²) in [5, 5.41) is 1.37. The van der Waals surface area contributed by atoms with Gasteiger partial charge < -0.3 is 0 Å². The van der Waals surface area contributed by atoms with E-state index in [4.69, 9.17) is 0 Å². The van der Waals surface area contributed by atoms with Gasteiger partial charge in [-0.05, 0) is 30.0 Å². The number of hydrogen-bond donors (Lipinski definition) is 1. The van der Waals surface area contributed by atoms with Crippen LogP contribution >= 0.6 is 24.0 Å². The summed E-state index contributed by atoms with van der Waals surface area (Å²) in [6, 6.07) is 8.53. The SMILES string of the molecule is Cc1c(C=CCS)sc2ccccc12. The highest BCUT2D eigenvalue weighted by Gasteiger charge is 2.03. The molecule has 2 rings (SSSR count). The van der Waals surface area contributed by atoms with Crippen molar-refractivity contribution < 1.29 is 0 Å². The van der Waals surface area contributed by atoms with Gasteiger partial charge in [0.15, 0.2) is 0 Å². The van der Waals surface area contributed by atoms with Crippen molar-refractivity contribution in [2.24, 2.45) is 0 Å². The molecule has 72 valence electrons. The molecule has 0 aliphatic heterocycles. The molecule has 0 amide bonds. The third-order valence-electron chi connectivity index (χ3n) is 2.26. The van der Waals surface area contributed by atoms with Crippen LogP contribution in [-0.4, -0.2) is 5.75 Å². The average Bonchev–Trinajstić information content (AvgIpc) is 2.54. The Bertz CT molecular complexity index is 466. The molecular weight excluding hydrogens is 208 g/mol. The highest BCUT2D eigenvalue weighted by molar-refractivity contribution is 7.80. The number of thiophene rings is 1. The Labute approximate surface area is 93.7 Å². The topological polar surface area (TPSA) is 0 Å². The number of benzene rings is 1. The number of rotatable bonds is 2. The third-order valence-corrected chi connectivity index (χ3v) is 3.70. The van der Waals surface area contributed by atoms with Crippen molar-refractivity contribution in [2.75, 3.05) is 5.75 Å². The lowest BCUT2D eigenvalue weighted by atomic mass is 10.1. The highest BCUT2D eigenvalue weighted by atomic mass is 32.1. The maximum atomic E-state index is 4.17. The zero-order valence-electron chi connectivity index (χ0n) is 8.03. The predicted molar refractivity (Wildman–Crippen MR) is 69.4 cm³/mol. The lowest BCUT2D eigenvalue weighted by molar-refractivity contribution is 1.57. The van der Waals surface area contributed by atoms with E-state index >= 15 is 0 Å². The number of fused-ring (bicyclic) bond motifs is 1. The largest absolute Gasteiger partial charge is 0.175 e. The molecule has 0 unspecified atom stereocenters. The van der Waals surface area contributed by atoms with Gasteiger partial charge in [-0.15, -0.1) is 11.3 Å². The standard InChI is InChI=1S/C12H12S2/c1-9-10-5-2-3-6-12(10)14-11(9)7-4-8-13/h2-7,13H,8H2,1H3. The molecule has 0 saturated heterocycles. The van der Waals surface area contributed by atoms with Gasteiger partial charge in [-0.3, -0.25) is 0 Å². The Morgan fingerprint density at radius 1 is 1.36 bits per heavy atom. The van der Waals surface area contributed by atoms with Crippen molar-refractivity contribution in [3.63, 3.8) is 0 Å². The van der Waals surface area contributed by atoms with Gasteiger partial charge in [0.05, 0.1) is 0 Å². The Hall–Kier alpha value is -0.730. The van der Waals surface area contributed by atoms with Gasteiger partial charge in [0.25, 0.3) is 0 Å². The van der Waals surface area contributed by atoms with Gasteiger partial charge in [-0.25, -0.2) is 0 Å². The van der Waals surface area contributed by atoms with Gasteiger partial charge >= 0.3 is 0 Å². The monoisotopic (exact) mass is 220 g/mol. The van der Waals surface area contributed by atoms with Crippen LogP contribution in [0.1, 0.15) is 10.4 Å². The summed E-state index contributed by atoms with van der Waals surface area (Å²) >= 11 is 6.01. The van der Waals surface area contributed by atoms with Crippen molar-refractivity contribution in [3.8, 4) is 0 Å². The lowest BCUT2D eigenvalue weighted by Gasteiger charge is -1.90. The van der Waals surface area contributed by atoms with Crippen LogP contribution in [0.25, 0.3) is 16.2 Å². The maximum Gasteiger partial charge on any atom is 0.0351 e. The summed E-state index contributed by atoms with van der Waals surface area (Å²) < 4.78 is 1.36. The summed E-state index contributed by atoms with van der Waals surface area (Å²) in [6.45, 7) is 2.18. The molecule has 14 heavy (non-hydrogen) atoms. The molecule has 0 bridgehead atoms. The van der Waals surface area contributed by atoms with E-state index in [0.29, 0.717) is 0 Å². The second kappa shape index (κ2) is 4.20. The molecule has 1 aromatic carbocycles. The molecule has 0 nitrogen and oxygen atoms in total. The van der Waals surface area contributed by atoms with Crippen molar-refractivity contribution >= 4 is 40.1 Å². The first-order valence-corrected chi connectivity index (χ1v) is 6.03. The van der Waals surface area contributed by atoms with Crippen LogP contribution in [0, 0.1) is 6.92 Å². The first kappa shape index (κ1) is 9.81. The van der Waals surface area contributed by atoms with Gasteiger partial charge in [-0.1, -0.05) is 24.3 Å². The quantitative estimate of drug-likeness (QED) is 0.722. The number of aryl methyl sites for hydroxylation is 1. The van der Waals surface area contributed by atoms with E-state index in [1.165, 1.54) is 20.5 Å². The number of hydrogen-bond acceptors (Lipinski definition) is 2. The molecule has 0 atom stereocenters. The van der Waals surface area contributed by atoms with Crippen LogP contribution in [0.15, 0.2) is 30.3 Å². The van der Waals surface area contributed by atoms with E-state index in [2.05, 4.69) is 56.0 Å². The smallest absolute Gasteiger partial charge is 0.0351 e. The summed E-state index contributed by atoms with van der Waals surface area (Å²) in [6.07, 6.45) is 4.24. The molecule has 0 radical (unpaired) electrons. The van der Waals surface area contributed by atoms with Crippen LogP contribution in [0.5, 0.6) is 0 Å². The minimum Gasteiger partial charge on any atom is -0.175 e. The Balaban J connectivity index is 2.57. The Kier molecular flexibility index (Phi) is 2.94. The van der Waals surface area contributed by atoms with Crippen LogP contribution in [-0.2, 0) is 0 Å². The second-order valence-electron chi connectivity index (χ2n) is 3.17. The maximum absolute atomic E-state index is 4.17. The third kappa shape index (κ3) is 1.72. The molecule has 0 N–H and O–H groups in total. The molecule has 2 aromatic rings. The van der Waals surface area contributed by atoms with Gasteiger partial charge in [-0.2, -0.15) is 12.6 Å². The lowest BCUT2D eigenvalue weighted by Crippen LogP contribution is -1.70. The molecule has 2 heteroatoms. The van der Waals surface area contributed by atoms with Crippen LogP contribution in [0.2, 0.25) is 0 Å². The molecule has 0 fully saturated rings. The summed E-state index contributed by atoms with van der Waals surface area (Å²) in [5.74, 6) is 0.799. The van der Waals surface area contributed by atoms with E-state index < -0.39 is 0 Å². The average molecular weight is 220 g/mol. The molecule has 0 aliphatic rings. The fourth-order valence-electron chi connectivity index (χ4n) is 1.51. The minimum atomic E-state index is 0.799. The Morgan fingerprint density at radius 2 is 2.14 bits per heavy atom. The molecule has 0 saturated carbocycles. The Morgan fingerprint density at radius 3 is 2.86 bits per heavy atom. The molecule has 0 spiro atoms. The van der Waals surface area contributed by atoms with Crippen LogP contribution in [0.3, 0.4) is 0 Å². The van der Waals surface area contributed by atoms with E-state index in [9.17, 15) is 0 Å². The fourth-order valence-corrected chi connectivity index (χ4v) is 2.76. The van der Waals surface area contributed by atoms with Crippen molar-refractivity contribution in [3.05, 3.63) is 40.8 Å². The molecule has 1 aromatic heterocycles.